The number of amides is 1. The number of quaternary nitrogens is 1. The number of hydrogen-bond acceptors (Lipinski definition) is 2. The van der Waals surface area contributed by atoms with E-state index in [-0.39, 0.29) is 5.91 Å². The van der Waals surface area contributed by atoms with Crippen LogP contribution in [0.25, 0.3) is 0 Å². The second kappa shape index (κ2) is 8.97. The van der Waals surface area contributed by atoms with Gasteiger partial charge in [-0.3, -0.25) is 4.79 Å². The molecule has 1 atom stereocenters. The van der Waals surface area contributed by atoms with Crippen LogP contribution in [0.4, 0.5) is 0 Å². The van der Waals surface area contributed by atoms with Crippen molar-refractivity contribution in [2.45, 2.75) is 13.8 Å². The third-order valence-corrected chi connectivity index (χ3v) is 3.31. The van der Waals surface area contributed by atoms with Crippen LogP contribution in [0.15, 0.2) is 28.7 Å². The molecular weight excluding hydrogens is 320 g/mol. The molecule has 0 aliphatic rings. The summed E-state index contributed by atoms with van der Waals surface area (Å²) in [7, 11) is 2.00. The first kappa shape index (κ1) is 17.0. The van der Waals surface area contributed by atoms with Crippen LogP contribution in [0.3, 0.4) is 0 Å². The predicted octanol–water partition coefficient (Wildman–Crippen LogP) is 1.11. The minimum atomic E-state index is 0.0971. The molecule has 20 heavy (non-hydrogen) atoms. The van der Waals surface area contributed by atoms with Crippen molar-refractivity contribution in [3.8, 4) is 5.75 Å². The molecule has 0 spiro atoms. The predicted molar refractivity (Wildman–Crippen MR) is 84.1 cm³/mol. The maximum atomic E-state index is 11.7. The first-order valence-corrected chi connectivity index (χ1v) is 7.73. The highest BCUT2D eigenvalue weighted by molar-refractivity contribution is 9.10. The number of carbonyl (C=O) groups excluding carboxylic acids is 1. The van der Waals surface area contributed by atoms with Crippen molar-refractivity contribution in [2.24, 2.45) is 5.92 Å². The van der Waals surface area contributed by atoms with Crippen molar-refractivity contribution in [3.05, 3.63) is 28.7 Å². The van der Waals surface area contributed by atoms with Gasteiger partial charge < -0.3 is 15.0 Å². The van der Waals surface area contributed by atoms with Gasteiger partial charge in [-0.15, -0.1) is 0 Å². The first-order chi connectivity index (χ1) is 9.47. The van der Waals surface area contributed by atoms with Gasteiger partial charge in [0.15, 0.2) is 6.54 Å². The Labute approximate surface area is 129 Å². The average Bonchev–Trinajstić information content (AvgIpc) is 2.38. The zero-order valence-electron chi connectivity index (χ0n) is 12.4. The molecule has 112 valence electrons. The first-order valence-electron chi connectivity index (χ1n) is 6.93. The summed E-state index contributed by atoms with van der Waals surface area (Å²) in [6, 6.07) is 7.75. The molecule has 0 heterocycles. The molecule has 1 aromatic carbocycles. The van der Waals surface area contributed by atoms with Gasteiger partial charge in [-0.1, -0.05) is 29.8 Å². The Hall–Kier alpha value is -1.07. The molecule has 0 aromatic heterocycles. The van der Waals surface area contributed by atoms with Gasteiger partial charge >= 0.3 is 0 Å². The number of likely N-dealkylation sites (N-methyl/N-ethyl adjacent to an activating group) is 1. The number of nitrogens with one attached hydrogen (secondary N) is 2. The maximum Gasteiger partial charge on any atom is 0.275 e. The van der Waals surface area contributed by atoms with Gasteiger partial charge in [-0.05, 0) is 30.2 Å². The molecule has 0 radical (unpaired) electrons. The van der Waals surface area contributed by atoms with Crippen LogP contribution < -0.4 is 15.0 Å². The number of hydrogen-bond donors (Lipinski definition) is 2. The molecule has 0 aliphatic carbocycles. The average molecular weight is 344 g/mol. The van der Waals surface area contributed by atoms with Crippen LogP contribution >= 0.6 is 15.9 Å². The summed E-state index contributed by atoms with van der Waals surface area (Å²) >= 11 is 3.38. The van der Waals surface area contributed by atoms with Crippen molar-refractivity contribution in [1.29, 1.82) is 0 Å². The summed E-state index contributed by atoms with van der Waals surface area (Å²) in [5.41, 5.74) is 0. The van der Waals surface area contributed by atoms with Crippen molar-refractivity contribution in [2.75, 3.05) is 33.3 Å². The van der Waals surface area contributed by atoms with Crippen LogP contribution in [0.2, 0.25) is 0 Å². The van der Waals surface area contributed by atoms with Gasteiger partial charge in [0, 0.05) is 11.0 Å². The van der Waals surface area contributed by atoms with Gasteiger partial charge in [0.25, 0.3) is 5.91 Å². The van der Waals surface area contributed by atoms with Crippen LogP contribution in [0.5, 0.6) is 5.75 Å². The van der Waals surface area contributed by atoms with E-state index in [9.17, 15) is 4.79 Å². The topological polar surface area (TPSA) is 42.8 Å². The van der Waals surface area contributed by atoms with Crippen molar-refractivity contribution in [3.63, 3.8) is 0 Å². The van der Waals surface area contributed by atoms with Gasteiger partial charge in [-0.2, -0.15) is 0 Å². The van der Waals surface area contributed by atoms with E-state index in [1.165, 1.54) is 0 Å². The Morgan fingerprint density at radius 1 is 1.35 bits per heavy atom. The lowest BCUT2D eigenvalue weighted by atomic mass is 10.2. The molecule has 1 unspecified atom stereocenters. The molecule has 2 N–H and O–H groups in total. The maximum absolute atomic E-state index is 11.7. The third kappa shape index (κ3) is 7.50. The van der Waals surface area contributed by atoms with E-state index < -0.39 is 0 Å². The number of rotatable bonds is 8. The number of benzene rings is 1. The molecule has 0 fully saturated rings. The van der Waals surface area contributed by atoms with Crippen molar-refractivity contribution >= 4 is 21.8 Å². The second-order valence-electron chi connectivity index (χ2n) is 5.38. The van der Waals surface area contributed by atoms with Gasteiger partial charge in [0.1, 0.15) is 18.9 Å². The van der Waals surface area contributed by atoms with Crippen LogP contribution in [-0.4, -0.2) is 39.2 Å². The molecule has 1 amide bonds. The van der Waals surface area contributed by atoms with Gasteiger partial charge in [-0.25, -0.2) is 0 Å². The quantitative estimate of drug-likeness (QED) is 0.742. The Bertz CT molecular complexity index is 407. The largest absolute Gasteiger partial charge is 0.488 e. The van der Waals surface area contributed by atoms with E-state index in [4.69, 9.17) is 4.74 Å². The van der Waals surface area contributed by atoms with E-state index in [2.05, 4.69) is 35.1 Å². The monoisotopic (exact) mass is 343 g/mol. The normalized spacial score (nSPS) is 12.2. The fourth-order valence-electron chi connectivity index (χ4n) is 1.62. The van der Waals surface area contributed by atoms with Gasteiger partial charge in [0.2, 0.25) is 0 Å². The molecule has 1 rings (SSSR count). The van der Waals surface area contributed by atoms with E-state index in [0.29, 0.717) is 19.1 Å². The Kier molecular flexibility index (Phi) is 7.62. The highest BCUT2D eigenvalue weighted by atomic mass is 79.9. The van der Waals surface area contributed by atoms with Crippen LogP contribution in [-0.2, 0) is 4.79 Å². The lowest BCUT2D eigenvalue weighted by Crippen LogP contribution is -3.10. The SMILES string of the molecule is CC(C)CNC(=O)C[NH+](C)CCOc1ccc(Br)cc1. The molecule has 0 saturated carbocycles. The van der Waals surface area contributed by atoms with E-state index in [1.54, 1.807) is 0 Å². The Morgan fingerprint density at radius 3 is 2.60 bits per heavy atom. The molecule has 0 saturated heterocycles. The summed E-state index contributed by atoms with van der Waals surface area (Å²) in [6.07, 6.45) is 0. The highest BCUT2D eigenvalue weighted by Crippen LogP contribution is 2.15. The van der Waals surface area contributed by atoms with Crippen molar-refractivity contribution < 1.29 is 14.4 Å². The molecule has 1 aromatic rings. The van der Waals surface area contributed by atoms with Gasteiger partial charge in [0.05, 0.1) is 7.05 Å². The number of halogens is 1. The number of ether oxygens (including phenoxy) is 1. The summed E-state index contributed by atoms with van der Waals surface area (Å²) in [4.78, 5) is 12.8. The molecule has 4 nitrogen and oxygen atoms in total. The fraction of sp³-hybridized carbons (Fsp3) is 0.533. The minimum absolute atomic E-state index is 0.0971. The molecule has 0 aliphatic heterocycles. The summed E-state index contributed by atoms with van der Waals surface area (Å²) in [6.45, 7) is 6.79. The van der Waals surface area contributed by atoms with E-state index in [1.807, 2.05) is 31.3 Å². The highest BCUT2D eigenvalue weighted by Gasteiger charge is 2.09. The Balaban J connectivity index is 2.18. The molecule has 0 bridgehead atoms. The minimum Gasteiger partial charge on any atom is -0.488 e. The summed E-state index contributed by atoms with van der Waals surface area (Å²) in [5.74, 6) is 1.44. The fourth-order valence-corrected chi connectivity index (χ4v) is 1.88. The summed E-state index contributed by atoms with van der Waals surface area (Å²) < 4.78 is 6.67. The molecular formula is C15H24BrN2O2+. The van der Waals surface area contributed by atoms with Crippen molar-refractivity contribution in [1.82, 2.24) is 5.32 Å². The van der Waals surface area contributed by atoms with Crippen LogP contribution in [0, 0.1) is 5.92 Å². The smallest absolute Gasteiger partial charge is 0.275 e. The lowest BCUT2D eigenvalue weighted by Gasteiger charge is -2.15. The van der Waals surface area contributed by atoms with E-state index in [0.717, 1.165) is 28.2 Å². The molecule has 5 heteroatoms. The lowest BCUT2D eigenvalue weighted by molar-refractivity contribution is -0.871. The standard InChI is InChI=1S/C15H23BrN2O2/c1-12(2)10-17-15(19)11-18(3)8-9-20-14-6-4-13(16)5-7-14/h4-7,12H,8-11H2,1-3H3,(H,17,19)/p+1. The Morgan fingerprint density at radius 2 is 2.00 bits per heavy atom. The van der Waals surface area contributed by atoms with E-state index >= 15 is 0 Å². The van der Waals surface area contributed by atoms with Crippen LogP contribution in [0.1, 0.15) is 13.8 Å². The third-order valence-electron chi connectivity index (χ3n) is 2.78. The second-order valence-corrected chi connectivity index (χ2v) is 6.30. The summed E-state index contributed by atoms with van der Waals surface area (Å²) in [5, 5.41) is 2.92. The zero-order chi connectivity index (χ0) is 15.0. The number of carbonyl (C=O) groups is 1. The zero-order valence-corrected chi connectivity index (χ0v) is 14.0.